The number of carbonyl (C=O) groups excluding carboxylic acids is 3. The van der Waals surface area contributed by atoms with Crippen LogP contribution in [0, 0.1) is 0 Å². The molecular weight excluding hydrogens is 334 g/mol. The highest BCUT2D eigenvalue weighted by Crippen LogP contribution is 2.11. The Kier molecular flexibility index (Phi) is 9.36. The molecule has 2 amide bonds. The van der Waals surface area contributed by atoms with Crippen LogP contribution in [-0.2, 0) is 14.3 Å². The zero-order chi connectivity index (χ0) is 19.5. The molecule has 0 atom stereocenters. The second-order valence-corrected chi connectivity index (χ2v) is 6.29. The van der Waals surface area contributed by atoms with E-state index in [1.54, 1.807) is 29.2 Å². The topological polar surface area (TPSA) is 87.7 Å². The van der Waals surface area contributed by atoms with Crippen LogP contribution in [0.2, 0.25) is 0 Å². The number of esters is 1. The standard InChI is InChI=1S/C19H29N3O4/c1-5-11-26-19(25)15-7-9-16(10-8-15)21-18(24)13-22(6-2)12-17(23)20-14(3)4/h7-10,14H,5-6,11-13H2,1-4H3,(H,20,23)(H,21,24). The summed E-state index contributed by atoms with van der Waals surface area (Å²) < 4.78 is 5.06. The highest BCUT2D eigenvalue weighted by atomic mass is 16.5. The van der Waals surface area contributed by atoms with Crippen LogP contribution in [-0.4, -0.2) is 55.0 Å². The Labute approximate surface area is 155 Å². The molecule has 0 saturated heterocycles. The maximum Gasteiger partial charge on any atom is 0.338 e. The average molecular weight is 363 g/mol. The second-order valence-electron chi connectivity index (χ2n) is 6.29. The van der Waals surface area contributed by atoms with Crippen LogP contribution in [0.25, 0.3) is 0 Å². The highest BCUT2D eigenvalue weighted by molar-refractivity contribution is 5.94. The molecule has 0 aliphatic carbocycles. The Bertz CT molecular complexity index is 599. The zero-order valence-corrected chi connectivity index (χ0v) is 16.0. The first kappa shape index (κ1) is 21.6. The van der Waals surface area contributed by atoms with E-state index in [2.05, 4.69) is 10.6 Å². The SMILES string of the molecule is CCCOC(=O)c1ccc(NC(=O)CN(CC)CC(=O)NC(C)C)cc1. The van der Waals surface area contributed by atoms with Crippen molar-refractivity contribution in [2.45, 2.75) is 40.2 Å². The van der Waals surface area contributed by atoms with E-state index >= 15 is 0 Å². The summed E-state index contributed by atoms with van der Waals surface area (Å²) in [6.07, 6.45) is 0.767. The van der Waals surface area contributed by atoms with Gasteiger partial charge in [0.2, 0.25) is 11.8 Å². The molecule has 2 N–H and O–H groups in total. The summed E-state index contributed by atoms with van der Waals surface area (Å²) in [5.41, 5.74) is 1.03. The number of nitrogens with zero attached hydrogens (tertiary/aromatic N) is 1. The normalized spacial score (nSPS) is 10.7. The lowest BCUT2D eigenvalue weighted by molar-refractivity contribution is -0.123. The van der Waals surface area contributed by atoms with Gasteiger partial charge in [-0.2, -0.15) is 0 Å². The Balaban J connectivity index is 2.53. The number of ether oxygens (including phenoxy) is 1. The molecule has 0 unspecified atom stereocenters. The summed E-state index contributed by atoms with van der Waals surface area (Å²) in [6, 6.07) is 6.60. The summed E-state index contributed by atoms with van der Waals surface area (Å²) in [7, 11) is 0. The van der Waals surface area contributed by atoms with Crippen LogP contribution in [0.1, 0.15) is 44.5 Å². The average Bonchev–Trinajstić information content (AvgIpc) is 2.58. The predicted molar refractivity (Wildman–Crippen MR) is 101 cm³/mol. The molecule has 0 heterocycles. The van der Waals surface area contributed by atoms with Gasteiger partial charge in [-0.3, -0.25) is 14.5 Å². The molecule has 0 spiro atoms. The number of amides is 2. The van der Waals surface area contributed by atoms with Crippen molar-refractivity contribution < 1.29 is 19.1 Å². The van der Waals surface area contributed by atoms with Gasteiger partial charge in [0.05, 0.1) is 25.3 Å². The zero-order valence-electron chi connectivity index (χ0n) is 16.0. The molecule has 0 aromatic heterocycles. The van der Waals surface area contributed by atoms with Crippen LogP contribution in [0.3, 0.4) is 0 Å². The van der Waals surface area contributed by atoms with Crippen LogP contribution < -0.4 is 10.6 Å². The number of hydrogen-bond acceptors (Lipinski definition) is 5. The van der Waals surface area contributed by atoms with Crippen molar-refractivity contribution in [1.29, 1.82) is 0 Å². The summed E-state index contributed by atoms with van der Waals surface area (Å²) in [6.45, 7) is 8.86. The van der Waals surface area contributed by atoms with Crippen molar-refractivity contribution in [3.8, 4) is 0 Å². The fraction of sp³-hybridized carbons (Fsp3) is 0.526. The Morgan fingerprint density at radius 3 is 2.19 bits per heavy atom. The van der Waals surface area contributed by atoms with E-state index in [9.17, 15) is 14.4 Å². The smallest absolute Gasteiger partial charge is 0.338 e. The fourth-order valence-corrected chi connectivity index (χ4v) is 2.22. The van der Waals surface area contributed by atoms with Crippen molar-refractivity contribution in [3.05, 3.63) is 29.8 Å². The first-order valence-electron chi connectivity index (χ1n) is 8.94. The molecule has 1 aromatic rings. The molecule has 144 valence electrons. The second kappa shape index (κ2) is 11.3. The molecule has 0 aliphatic rings. The first-order chi connectivity index (χ1) is 12.3. The number of hydrogen-bond donors (Lipinski definition) is 2. The minimum absolute atomic E-state index is 0.0672. The van der Waals surface area contributed by atoms with Crippen LogP contribution >= 0.6 is 0 Å². The van der Waals surface area contributed by atoms with Crippen LogP contribution in [0.5, 0.6) is 0 Å². The van der Waals surface area contributed by atoms with E-state index in [0.717, 1.165) is 6.42 Å². The van der Waals surface area contributed by atoms with E-state index in [0.29, 0.717) is 24.4 Å². The van der Waals surface area contributed by atoms with Gasteiger partial charge in [-0.05, 0) is 51.1 Å². The third kappa shape index (κ3) is 8.11. The minimum Gasteiger partial charge on any atom is -0.462 e. The summed E-state index contributed by atoms with van der Waals surface area (Å²) in [5, 5.41) is 5.57. The van der Waals surface area contributed by atoms with Crippen molar-refractivity contribution >= 4 is 23.5 Å². The molecule has 0 radical (unpaired) electrons. The number of likely N-dealkylation sites (N-methyl/N-ethyl adjacent to an activating group) is 1. The van der Waals surface area contributed by atoms with Gasteiger partial charge in [-0.25, -0.2) is 4.79 Å². The monoisotopic (exact) mass is 363 g/mol. The molecule has 1 rings (SSSR count). The van der Waals surface area contributed by atoms with Crippen molar-refractivity contribution in [3.63, 3.8) is 0 Å². The summed E-state index contributed by atoms with van der Waals surface area (Å²) >= 11 is 0. The van der Waals surface area contributed by atoms with E-state index in [1.807, 2.05) is 27.7 Å². The third-order valence-electron chi connectivity index (χ3n) is 3.47. The minimum atomic E-state index is -0.377. The van der Waals surface area contributed by atoms with Gasteiger partial charge in [0.25, 0.3) is 0 Å². The van der Waals surface area contributed by atoms with Crippen molar-refractivity contribution in [2.75, 3.05) is 31.6 Å². The lowest BCUT2D eigenvalue weighted by Gasteiger charge is -2.20. The van der Waals surface area contributed by atoms with E-state index in [1.165, 1.54) is 0 Å². The molecule has 7 nitrogen and oxygen atoms in total. The van der Waals surface area contributed by atoms with Crippen molar-refractivity contribution in [1.82, 2.24) is 10.2 Å². The lowest BCUT2D eigenvalue weighted by atomic mass is 10.2. The molecule has 1 aromatic carbocycles. The lowest BCUT2D eigenvalue weighted by Crippen LogP contribution is -2.42. The van der Waals surface area contributed by atoms with E-state index in [4.69, 9.17) is 4.74 Å². The van der Waals surface area contributed by atoms with Gasteiger partial charge in [0.1, 0.15) is 0 Å². The van der Waals surface area contributed by atoms with Crippen LogP contribution in [0.4, 0.5) is 5.69 Å². The fourth-order valence-electron chi connectivity index (χ4n) is 2.22. The first-order valence-corrected chi connectivity index (χ1v) is 8.94. The maximum atomic E-state index is 12.2. The molecule has 7 heteroatoms. The molecular formula is C19H29N3O4. The van der Waals surface area contributed by atoms with Crippen LogP contribution in [0.15, 0.2) is 24.3 Å². The molecule has 0 aliphatic heterocycles. The highest BCUT2D eigenvalue weighted by Gasteiger charge is 2.14. The largest absolute Gasteiger partial charge is 0.462 e. The van der Waals surface area contributed by atoms with Gasteiger partial charge in [-0.15, -0.1) is 0 Å². The quantitative estimate of drug-likeness (QED) is 0.621. The van der Waals surface area contributed by atoms with Gasteiger partial charge in [-0.1, -0.05) is 13.8 Å². The van der Waals surface area contributed by atoms with Gasteiger partial charge < -0.3 is 15.4 Å². The predicted octanol–water partition coefficient (Wildman–Crippen LogP) is 2.04. The number of anilines is 1. The Morgan fingerprint density at radius 2 is 1.65 bits per heavy atom. The van der Waals surface area contributed by atoms with Crippen molar-refractivity contribution in [2.24, 2.45) is 0 Å². The number of carbonyl (C=O) groups is 3. The Hall–Kier alpha value is -2.41. The molecule has 0 bridgehead atoms. The Morgan fingerprint density at radius 1 is 1.04 bits per heavy atom. The van der Waals surface area contributed by atoms with Gasteiger partial charge in [0.15, 0.2) is 0 Å². The van der Waals surface area contributed by atoms with Gasteiger partial charge in [0, 0.05) is 11.7 Å². The summed E-state index contributed by atoms with van der Waals surface area (Å²) in [4.78, 5) is 37.5. The molecule has 0 fully saturated rings. The molecule has 26 heavy (non-hydrogen) atoms. The van der Waals surface area contributed by atoms with Gasteiger partial charge >= 0.3 is 5.97 Å². The van der Waals surface area contributed by atoms with E-state index in [-0.39, 0.29) is 36.9 Å². The number of benzene rings is 1. The summed E-state index contributed by atoms with van der Waals surface area (Å²) in [5.74, 6) is -0.701. The third-order valence-corrected chi connectivity index (χ3v) is 3.47. The number of rotatable bonds is 10. The molecule has 0 saturated carbocycles. The number of nitrogens with one attached hydrogen (secondary N) is 2. The van der Waals surface area contributed by atoms with E-state index < -0.39 is 0 Å². The maximum absolute atomic E-state index is 12.2.